The molecule has 0 aliphatic rings. The van der Waals surface area contributed by atoms with Crippen LogP contribution in [-0.4, -0.2) is 25.1 Å². The molecule has 0 amide bonds. The number of ether oxygens (including phenoxy) is 2. The van der Waals surface area contributed by atoms with E-state index in [0.717, 1.165) is 0 Å². The predicted octanol–water partition coefficient (Wildman–Crippen LogP) is 3.72. The van der Waals surface area contributed by atoms with E-state index >= 15 is 0 Å². The van der Waals surface area contributed by atoms with E-state index in [2.05, 4.69) is 0 Å². The molecule has 0 fully saturated rings. The van der Waals surface area contributed by atoms with Crippen LogP contribution >= 0.6 is 0 Å². The Labute approximate surface area is 155 Å². The number of carbonyl (C=O) groups excluding carboxylic acids is 1. The fourth-order valence-electron chi connectivity index (χ4n) is 2.85. The summed E-state index contributed by atoms with van der Waals surface area (Å²) in [4.78, 5) is 24.1. The number of rotatable bonds is 5. The Morgan fingerprint density at radius 2 is 1.89 bits per heavy atom. The lowest BCUT2D eigenvalue weighted by Gasteiger charge is -2.08. The average molecular weight is 366 g/mol. The molecule has 1 aromatic heterocycles. The third kappa shape index (κ3) is 3.55. The van der Waals surface area contributed by atoms with Gasteiger partial charge < -0.3 is 19.0 Å². The van der Waals surface area contributed by atoms with Crippen molar-refractivity contribution < 1.29 is 23.8 Å². The highest BCUT2D eigenvalue weighted by Gasteiger charge is 2.15. The minimum Gasteiger partial charge on any atom is -0.506 e. The van der Waals surface area contributed by atoms with E-state index in [1.807, 2.05) is 0 Å². The van der Waals surface area contributed by atoms with Crippen molar-refractivity contribution in [3.63, 3.8) is 0 Å². The molecule has 2 aromatic carbocycles. The van der Waals surface area contributed by atoms with Gasteiger partial charge in [-0.25, -0.2) is 4.79 Å². The number of ketones is 1. The van der Waals surface area contributed by atoms with Crippen LogP contribution in [0.4, 0.5) is 0 Å². The monoisotopic (exact) mass is 366 g/mol. The van der Waals surface area contributed by atoms with Crippen molar-refractivity contribution in [1.29, 1.82) is 0 Å². The zero-order valence-corrected chi connectivity index (χ0v) is 15.1. The molecule has 6 heteroatoms. The van der Waals surface area contributed by atoms with Crippen molar-refractivity contribution in [2.45, 2.75) is 6.92 Å². The summed E-state index contributed by atoms with van der Waals surface area (Å²) in [6, 6.07) is 9.42. The Balaban J connectivity index is 2.01. The van der Waals surface area contributed by atoms with E-state index in [-0.39, 0.29) is 16.9 Å². The fraction of sp³-hybridized carbons (Fsp3) is 0.143. The van der Waals surface area contributed by atoms with E-state index in [9.17, 15) is 14.7 Å². The number of aromatic hydroxyl groups is 1. The van der Waals surface area contributed by atoms with Crippen molar-refractivity contribution in [1.82, 2.24) is 0 Å². The average Bonchev–Trinajstić information content (AvgIpc) is 2.65. The number of phenols is 1. The Hall–Kier alpha value is -3.54. The van der Waals surface area contributed by atoms with Gasteiger partial charge in [-0.15, -0.1) is 0 Å². The third-order valence-electron chi connectivity index (χ3n) is 4.20. The molecule has 0 aliphatic carbocycles. The summed E-state index contributed by atoms with van der Waals surface area (Å²) >= 11 is 0. The Morgan fingerprint density at radius 3 is 2.59 bits per heavy atom. The molecular formula is C21H18O6. The van der Waals surface area contributed by atoms with Crippen molar-refractivity contribution in [2.75, 3.05) is 14.2 Å². The Morgan fingerprint density at radius 1 is 1.11 bits per heavy atom. The summed E-state index contributed by atoms with van der Waals surface area (Å²) in [6.45, 7) is 1.67. The van der Waals surface area contributed by atoms with Gasteiger partial charge in [0.05, 0.1) is 25.2 Å². The molecule has 27 heavy (non-hydrogen) atoms. The topological polar surface area (TPSA) is 86.0 Å². The van der Waals surface area contributed by atoms with Crippen molar-refractivity contribution >= 4 is 22.8 Å². The van der Waals surface area contributed by atoms with Gasteiger partial charge in [-0.1, -0.05) is 0 Å². The van der Waals surface area contributed by atoms with E-state index in [1.165, 1.54) is 31.4 Å². The summed E-state index contributed by atoms with van der Waals surface area (Å²) < 4.78 is 15.5. The summed E-state index contributed by atoms with van der Waals surface area (Å²) in [6.07, 6.45) is 2.93. The summed E-state index contributed by atoms with van der Waals surface area (Å²) in [5, 5.41) is 10.9. The number of aryl methyl sites for hydroxylation is 1. The maximum Gasteiger partial charge on any atom is 0.336 e. The van der Waals surface area contributed by atoms with Crippen molar-refractivity contribution in [2.24, 2.45) is 0 Å². The van der Waals surface area contributed by atoms with Crippen LogP contribution in [0, 0.1) is 6.92 Å². The van der Waals surface area contributed by atoms with Gasteiger partial charge in [0.25, 0.3) is 0 Å². The molecule has 3 rings (SSSR count). The van der Waals surface area contributed by atoms with Gasteiger partial charge in [-0.3, -0.25) is 4.79 Å². The second-order valence-corrected chi connectivity index (χ2v) is 5.89. The van der Waals surface area contributed by atoms with E-state index < -0.39 is 11.4 Å². The third-order valence-corrected chi connectivity index (χ3v) is 4.20. The number of carbonyl (C=O) groups is 1. The van der Waals surface area contributed by atoms with Gasteiger partial charge in [0, 0.05) is 11.6 Å². The van der Waals surface area contributed by atoms with Gasteiger partial charge in [-0.05, 0) is 55.0 Å². The highest BCUT2D eigenvalue weighted by molar-refractivity contribution is 6.11. The number of fused-ring (bicyclic) bond motifs is 1. The summed E-state index contributed by atoms with van der Waals surface area (Å²) in [5.41, 5.74) is 1.02. The number of allylic oxidation sites excluding steroid dienone is 1. The molecule has 0 bridgehead atoms. The maximum atomic E-state index is 12.6. The molecule has 138 valence electrons. The van der Waals surface area contributed by atoms with Gasteiger partial charge in [-0.2, -0.15) is 0 Å². The first-order chi connectivity index (χ1) is 12.9. The van der Waals surface area contributed by atoms with Crippen LogP contribution in [0.3, 0.4) is 0 Å². The summed E-state index contributed by atoms with van der Waals surface area (Å²) in [5.74, 6) is 0.591. The minimum atomic E-state index is -0.511. The van der Waals surface area contributed by atoms with Crippen LogP contribution < -0.4 is 15.1 Å². The minimum absolute atomic E-state index is 0.109. The SMILES string of the molecule is COc1ccc(OC)c(/C=C/C(=O)c2ccc3oc(=O)cc(C)c3c2O)c1. The zero-order chi connectivity index (χ0) is 19.6. The lowest BCUT2D eigenvalue weighted by Crippen LogP contribution is -2.01. The number of benzene rings is 2. The number of hydrogen-bond acceptors (Lipinski definition) is 6. The van der Waals surface area contributed by atoms with Crippen molar-refractivity contribution in [3.8, 4) is 17.2 Å². The molecule has 0 aliphatic heterocycles. The van der Waals surface area contributed by atoms with E-state index in [4.69, 9.17) is 13.9 Å². The van der Waals surface area contributed by atoms with Crippen LogP contribution in [0.1, 0.15) is 21.5 Å². The molecule has 1 N–H and O–H groups in total. The smallest absolute Gasteiger partial charge is 0.336 e. The van der Waals surface area contributed by atoms with E-state index in [1.54, 1.807) is 38.3 Å². The quantitative estimate of drug-likeness (QED) is 0.421. The van der Waals surface area contributed by atoms with Gasteiger partial charge in [0.2, 0.25) is 0 Å². The molecule has 3 aromatic rings. The first-order valence-corrected chi connectivity index (χ1v) is 8.15. The highest BCUT2D eigenvalue weighted by atomic mass is 16.5. The first kappa shape index (κ1) is 18.3. The number of phenolic OH excluding ortho intramolecular Hbond substituents is 1. The molecular weight excluding hydrogens is 348 g/mol. The molecule has 0 radical (unpaired) electrons. The van der Waals surface area contributed by atoms with Crippen LogP contribution in [0.25, 0.3) is 17.0 Å². The second-order valence-electron chi connectivity index (χ2n) is 5.89. The number of hydrogen-bond donors (Lipinski definition) is 1. The molecule has 1 heterocycles. The Kier molecular flexibility index (Phi) is 4.98. The Bertz CT molecular complexity index is 1110. The van der Waals surface area contributed by atoms with Crippen LogP contribution in [-0.2, 0) is 0 Å². The highest BCUT2D eigenvalue weighted by Crippen LogP contribution is 2.31. The fourth-order valence-corrected chi connectivity index (χ4v) is 2.85. The lowest BCUT2D eigenvalue weighted by molar-refractivity contribution is 0.104. The molecule has 0 unspecified atom stereocenters. The van der Waals surface area contributed by atoms with Gasteiger partial charge in [0.1, 0.15) is 22.8 Å². The van der Waals surface area contributed by atoms with E-state index in [0.29, 0.717) is 28.0 Å². The molecule has 0 saturated carbocycles. The van der Waals surface area contributed by atoms with Gasteiger partial charge in [0.15, 0.2) is 5.78 Å². The van der Waals surface area contributed by atoms with Crippen LogP contribution in [0.5, 0.6) is 17.2 Å². The number of methoxy groups -OCH3 is 2. The largest absolute Gasteiger partial charge is 0.506 e. The normalized spacial score (nSPS) is 11.1. The molecule has 6 nitrogen and oxygen atoms in total. The van der Waals surface area contributed by atoms with Crippen LogP contribution in [0.15, 0.2) is 51.7 Å². The van der Waals surface area contributed by atoms with Gasteiger partial charge >= 0.3 is 5.63 Å². The van der Waals surface area contributed by atoms with Crippen molar-refractivity contribution in [3.05, 3.63) is 69.6 Å². The zero-order valence-electron chi connectivity index (χ0n) is 15.1. The lowest BCUT2D eigenvalue weighted by atomic mass is 10.0. The first-order valence-electron chi connectivity index (χ1n) is 8.15. The standard InChI is InChI=1S/C21H18O6/c1-12-10-19(23)27-18-9-6-15(21(24)20(12)18)16(22)7-4-13-11-14(25-2)5-8-17(13)26-3/h4-11,24H,1-3H3/b7-4+. The van der Waals surface area contributed by atoms with Crippen LogP contribution in [0.2, 0.25) is 0 Å². The molecule has 0 saturated heterocycles. The maximum absolute atomic E-state index is 12.6. The molecule has 0 spiro atoms. The predicted molar refractivity (Wildman–Crippen MR) is 102 cm³/mol. The summed E-state index contributed by atoms with van der Waals surface area (Å²) in [7, 11) is 3.08. The second kappa shape index (κ2) is 7.37. The molecule has 0 atom stereocenters.